The molecule has 20 heavy (non-hydrogen) atoms. The molecular formula is C14H18F3NO2. The lowest BCUT2D eigenvalue weighted by atomic mass is 9.88. The second kappa shape index (κ2) is 5.91. The second-order valence-corrected chi connectivity index (χ2v) is 4.92. The van der Waals surface area contributed by atoms with E-state index >= 15 is 0 Å². The third-order valence-corrected chi connectivity index (χ3v) is 3.64. The van der Waals surface area contributed by atoms with E-state index in [0.717, 1.165) is 5.56 Å². The lowest BCUT2D eigenvalue weighted by Crippen LogP contribution is -2.38. The Morgan fingerprint density at radius 2 is 1.70 bits per heavy atom. The van der Waals surface area contributed by atoms with Gasteiger partial charge in [0, 0.05) is 12.1 Å². The molecule has 1 heterocycles. The lowest BCUT2D eigenvalue weighted by molar-refractivity contribution is -0.183. The highest BCUT2D eigenvalue weighted by molar-refractivity contribution is 5.40. The van der Waals surface area contributed by atoms with Crippen LogP contribution in [-0.4, -0.2) is 26.9 Å². The van der Waals surface area contributed by atoms with Crippen LogP contribution in [0.4, 0.5) is 13.2 Å². The minimum atomic E-state index is -4.14. The molecule has 0 amide bonds. The molecule has 1 aliphatic rings. The summed E-state index contributed by atoms with van der Waals surface area (Å²) in [5.74, 6) is -0.100. The van der Waals surface area contributed by atoms with Crippen molar-refractivity contribution in [3.63, 3.8) is 0 Å². The summed E-state index contributed by atoms with van der Waals surface area (Å²) >= 11 is 0. The van der Waals surface area contributed by atoms with E-state index in [1.165, 1.54) is 14.2 Å². The topological polar surface area (TPSA) is 30.5 Å². The summed E-state index contributed by atoms with van der Waals surface area (Å²) in [6.07, 6.45) is -3.97. The Labute approximate surface area is 116 Å². The van der Waals surface area contributed by atoms with Gasteiger partial charge in [-0.05, 0) is 37.1 Å². The average molecular weight is 289 g/mol. The number of methoxy groups -OCH3 is 2. The lowest BCUT2D eigenvalue weighted by Gasteiger charge is -2.32. The van der Waals surface area contributed by atoms with Crippen molar-refractivity contribution in [1.82, 2.24) is 5.32 Å². The van der Waals surface area contributed by atoms with Gasteiger partial charge >= 0.3 is 6.18 Å². The predicted octanol–water partition coefficient (Wildman–Crippen LogP) is 3.31. The summed E-state index contributed by atoms with van der Waals surface area (Å²) in [4.78, 5) is 0. The Balaban J connectivity index is 2.22. The van der Waals surface area contributed by atoms with E-state index in [1.54, 1.807) is 18.2 Å². The van der Waals surface area contributed by atoms with Crippen molar-refractivity contribution in [2.75, 3.05) is 20.8 Å². The van der Waals surface area contributed by atoms with Crippen LogP contribution in [0.15, 0.2) is 18.2 Å². The van der Waals surface area contributed by atoms with Gasteiger partial charge in [-0.2, -0.15) is 13.2 Å². The minimum Gasteiger partial charge on any atom is -0.497 e. The first-order chi connectivity index (χ1) is 9.44. The number of rotatable bonds is 3. The molecule has 0 aromatic heterocycles. The predicted molar refractivity (Wildman–Crippen MR) is 69.1 cm³/mol. The Morgan fingerprint density at radius 3 is 2.20 bits per heavy atom. The number of halogens is 3. The fourth-order valence-electron chi connectivity index (χ4n) is 2.50. The molecule has 0 bridgehead atoms. The first-order valence-electron chi connectivity index (χ1n) is 6.47. The summed E-state index contributed by atoms with van der Waals surface area (Å²) in [5.41, 5.74) is 0.759. The van der Waals surface area contributed by atoms with Crippen molar-refractivity contribution in [3.05, 3.63) is 23.8 Å². The van der Waals surface area contributed by atoms with Crippen LogP contribution in [0, 0.1) is 5.92 Å². The molecule has 0 spiro atoms. The van der Waals surface area contributed by atoms with Crippen molar-refractivity contribution in [3.8, 4) is 11.5 Å². The van der Waals surface area contributed by atoms with Crippen LogP contribution in [0.2, 0.25) is 0 Å². The Kier molecular flexibility index (Phi) is 4.42. The van der Waals surface area contributed by atoms with Gasteiger partial charge in [0.1, 0.15) is 11.5 Å². The van der Waals surface area contributed by atoms with Gasteiger partial charge in [0.15, 0.2) is 0 Å². The molecule has 1 aromatic rings. The van der Waals surface area contributed by atoms with E-state index in [9.17, 15) is 13.2 Å². The Bertz CT molecular complexity index is 440. The summed E-state index contributed by atoms with van der Waals surface area (Å²) < 4.78 is 48.8. The van der Waals surface area contributed by atoms with Crippen LogP contribution in [0.25, 0.3) is 0 Å². The summed E-state index contributed by atoms with van der Waals surface area (Å²) in [5, 5.41) is 3.13. The van der Waals surface area contributed by atoms with E-state index in [0.29, 0.717) is 18.0 Å². The maximum absolute atomic E-state index is 12.8. The minimum absolute atomic E-state index is 0.0415. The zero-order valence-corrected chi connectivity index (χ0v) is 11.5. The molecule has 112 valence electrons. The Hall–Kier alpha value is -1.43. The van der Waals surface area contributed by atoms with Crippen LogP contribution in [0.1, 0.15) is 24.4 Å². The largest absolute Gasteiger partial charge is 0.497 e. The van der Waals surface area contributed by atoms with E-state index < -0.39 is 12.1 Å². The number of benzene rings is 1. The molecule has 3 nitrogen and oxygen atoms in total. The number of piperidine rings is 1. The molecule has 2 unspecified atom stereocenters. The molecule has 0 radical (unpaired) electrons. The quantitative estimate of drug-likeness (QED) is 0.926. The molecule has 1 fully saturated rings. The number of alkyl halides is 3. The second-order valence-electron chi connectivity index (χ2n) is 4.92. The zero-order chi connectivity index (χ0) is 14.8. The summed E-state index contributed by atoms with van der Waals surface area (Å²) in [6.45, 7) is 0.356. The maximum Gasteiger partial charge on any atom is 0.391 e. The SMILES string of the molecule is COc1cc(OC)cc(C2CC(C(F)(F)F)CCN2)c1. The standard InChI is InChI=1S/C14H18F3NO2/c1-19-11-5-9(6-12(8-11)20-2)13-7-10(3-4-18-13)14(15,16)17/h5-6,8,10,13,18H,3-4,7H2,1-2H3. The highest BCUT2D eigenvalue weighted by Gasteiger charge is 2.42. The number of nitrogens with one attached hydrogen (secondary N) is 1. The van der Waals surface area contributed by atoms with Gasteiger partial charge in [-0.25, -0.2) is 0 Å². The van der Waals surface area contributed by atoms with Gasteiger partial charge in [-0.15, -0.1) is 0 Å². The molecule has 0 aliphatic carbocycles. The molecular weight excluding hydrogens is 271 g/mol. The highest BCUT2D eigenvalue weighted by atomic mass is 19.4. The molecule has 1 N–H and O–H groups in total. The van der Waals surface area contributed by atoms with Crippen molar-refractivity contribution in [1.29, 1.82) is 0 Å². The van der Waals surface area contributed by atoms with Crippen LogP contribution in [-0.2, 0) is 0 Å². The van der Waals surface area contributed by atoms with Gasteiger partial charge in [0.2, 0.25) is 0 Å². The summed E-state index contributed by atoms with van der Waals surface area (Å²) in [7, 11) is 3.04. The van der Waals surface area contributed by atoms with Crippen LogP contribution in [0.3, 0.4) is 0 Å². The molecule has 6 heteroatoms. The van der Waals surface area contributed by atoms with E-state index in [2.05, 4.69) is 5.32 Å². The zero-order valence-electron chi connectivity index (χ0n) is 11.5. The summed E-state index contributed by atoms with van der Waals surface area (Å²) in [6, 6.07) is 4.87. The smallest absolute Gasteiger partial charge is 0.391 e. The molecule has 0 saturated carbocycles. The van der Waals surface area contributed by atoms with Crippen LogP contribution < -0.4 is 14.8 Å². The monoisotopic (exact) mass is 289 g/mol. The number of ether oxygens (including phenoxy) is 2. The van der Waals surface area contributed by atoms with Gasteiger partial charge in [0.05, 0.1) is 20.1 Å². The number of hydrogen-bond acceptors (Lipinski definition) is 3. The van der Waals surface area contributed by atoms with Crippen molar-refractivity contribution < 1.29 is 22.6 Å². The fourth-order valence-corrected chi connectivity index (χ4v) is 2.50. The molecule has 1 aliphatic heterocycles. The maximum atomic E-state index is 12.8. The molecule has 2 rings (SSSR count). The number of hydrogen-bond donors (Lipinski definition) is 1. The van der Waals surface area contributed by atoms with Crippen molar-refractivity contribution >= 4 is 0 Å². The Morgan fingerprint density at radius 1 is 1.10 bits per heavy atom. The molecule has 2 atom stereocenters. The van der Waals surface area contributed by atoms with Crippen molar-refractivity contribution in [2.45, 2.75) is 25.1 Å². The van der Waals surface area contributed by atoms with Gasteiger partial charge < -0.3 is 14.8 Å². The van der Waals surface area contributed by atoms with Gasteiger partial charge in [0.25, 0.3) is 0 Å². The average Bonchev–Trinajstić information content (AvgIpc) is 2.46. The third kappa shape index (κ3) is 3.36. The first kappa shape index (κ1) is 15.0. The van der Waals surface area contributed by atoms with E-state index in [4.69, 9.17) is 9.47 Å². The van der Waals surface area contributed by atoms with Crippen LogP contribution >= 0.6 is 0 Å². The van der Waals surface area contributed by atoms with Crippen LogP contribution in [0.5, 0.6) is 11.5 Å². The van der Waals surface area contributed by atoms with Crippen molar-refractivity contribution in [2.24, 2.45) is 5.92 Å². The van der Waals surface area contributed by atoms with E-state index in [-0.39, 0.29) is 18.9 Å². The van der Waals surface area contributed by atoms with E-state index in [1.807, 2.05) is 0 Å². The normalized spacial score (nSPS) is 23.4. The highest BCUT2D eigenvalue weighted by Crippen LogP contribution is 2.39. The first-order valence-corrected chi connectivity index (χ1v) is 6.47. The third-order valence-electron chi connectivity index (χ3n) is 3.64. The van der Waals surface area contributed by atoms with Gasteiger partial charge in [-0.1, -0.05) is 0 Å². The molecule has 1 aromatic carbocycles. The van der Waals surface area contributed by atoms with Gasteiger partial charge in [-0.3, -0.25) is 0 Å². The fraction of sp³-hybridized carbons (Fsp3) is 0.571. The molecule has 1 saturated heterocycles.